The molecule has 3 aromatic carbocycles. The first kappa shape index (κ1) is 24.7. The maximum atomic E-state index is 15.0. The minimum absolute atomic E-state index is 0.0270. The molecule has 0 aliphatic carbocycles. The number of ether oxygens (including phenoxy) is 1. The number of benzene rings is 3. The Morgan fingerprint density at radius 2 is 1.58 bits per heavy atom. The van der Waals surface area contributed by atoms with E-state index in [-0.39, 0.29) is 26.8 Å². The van der Waals surface area contributed by atoms with Gasteiger partial charge in [0.05, 0.1) is 4.90 Å². The lowest BCUT2D eigenvalue weighted by Crippen LogP contribution is -2.39. The van der Waals surface area contributed by atoms with Gasteiger partial charge in [0.25, 0.3) is 0 Å². The minimum Gasteiger partial charge on any atom is -0.478 e. The third kappa shape index (κ3) is 5.17. The van der Waals surface area contributed by atoms with Crippen molar-refractivity contribution in [3.63, 3.8) is 0 Å². The number of hydrogen-bond acceptors (Lipinski definition) is 4. The summed E-state index contributed by atoms with van der Waals surface area (Å²) in [5.74, 6) is -3.79. The Morgan fingerprint density at radius 1 is 1.00 bits per heavy atom. The van der Waals surface area contributed by atoms with E-state index < -0.39 is 43.9 Å². The van der Waals surface area contributed by atoms with E-state index in [4.69, 9.17) is 16.3 Å². The van der Waals surface area contributed by atoms with E-state index in [1.54, 1.807) is 26.8 Å². The Kier molecular flexibility index (Phi) is 6.81. The van der Waals surface area contributed by atoms with Gasteiger partial charge in [0, 0.05) is 16.0 Å². The maximum Gasteiger partial charge on any atom is 0.345 e. The van der Waals surface area contributed by atoms with Crippen molar-refractivity contribution in [2.45, 2.75) is 36.7 Å². The van der Waals surface area contributed by atoms with Crippen molar-refractivity contribution in [1.82, 2.24) is 0 Å². The summed E-state index contributed by atoms with van der Waals surface area (Å²) >= 11 is 6.06. The van der Waals surface area contributed by atoms with E-state index in [1.165, 1.54) is 42.5 Å². The zero-order valence-electron chi connectivity index (χ0n) is 18.0. The second-order valence-corrected chi connectivity index (χ2v) is 10.8. The van der Waals surface area contributed by atoms with Crippen LogP contribution in [0.1, 0.15) is 20.8 Å². The number of hydrogen-bond donors (Lipinski definition) is 1. The summed E-state index contributed by atoms with van der Waals surface area (Å²) in [4.78, 5) is 10.4. The van der Waals surface area contributed by atoms with Crippen molar-refractivity contribution in [2.75, 3.05) is 0 Å². The van der Waals surface area contributed by atoms with Crippen molar-refractivity contribution in [3.8, 4) is 16.9 Å². The molecule has 0 radical (unpaired) electrons. The molecule has 174 valence electrons. The molecule has 0 aromatic heterocycles. The van der Waals surface area contributed by atoms with Crippen molar-refractivity contribution in [2.24, 2.45) is 5.41 Å². The number of aliphatic carboxylic acids is 1. The molecule has 0 bridgehead atoms. The number of sulfone groups is 1. The van der Waals surface area contributed by atoms with E-state index >= 15 is 8.78 Å². The van der Waals surface area contributed by atoms with Crippen LogP contribution in [0.2, 0.25) is 5.02 Å². The largest absolute Gasteiger partial charge is 0.478 e. The van der Waals surface area contributed by atoms with Crippen LogP contribution in [0.15, 0.2) is 70.5 Å². The van der Waals surface area contributed by atoms with Gasteiger partial charge in [-0.2, -0.15) is 0 Å². The first-order valence-electron chi connectivity index (χ1n) is 9.81. The van der Waals surface area contributed by atoms with Crippen LogP contribution in [0.3, 0.4) is 0 Å². The van der Waals surface area contributed by atoms with Crippen LogP contribution in [0.4, 0.5) is 8.78 Å². The summed E-state index contributed by atoms with van der Waals surface area (Å²) < 4.78 is 61.3. The normalized spacial score (nSPS) is 12.9. The highest BCUT2D eigenvalue weighted by atomic mass is 35.5. The van der Waals surface area contributed by atoms with E-state index in [0.29, 0.717) is 0 Å². The molecule has 0 amide bonds. The molecule has 0 saturated heterocycles. The van der Waals surface area contributed by atoms with Crippen LogP contribution in [0.5, 0.6) is 5.75 Å². The van der Waals surface area contributed by atoms with Crippen molar-refractivity contribution < 1.29 is 31.8 Å². The van der Waals surface area contributed by atoms with E-state index in [9.17, 15) is 18.3 Å². The van der Waals surface area contributed by atoms with E-state index in [1.807, 2.05) is 0 Å². The fraction of sp³-hybridized carbons (Fsp3) is 0.208. The Hall–Kier alpha value is -2.97. The topological polar surface area (TPSA) is 80.7 Å². The van der Waals surface area contributed by atoms with Gasteiger partial charge in [0.1, 0.15) is 22.3 Å². The zero-order valence-corrected chi connectivity index (χ0v) is 19.5. The fourth-order valence-corrected chi connectivity index (χ4v) is 4.80. The third-order valence-corrected chi connectivity index (χ3v) is 6.88. The van der Waals surface area contributed by atoms with Crippen molar-refractivity contribution in [1.29, 1.82) is 0 Å². The zero-order chi connectivity index (χ0) is 24.6. The second-order valence-electron chi connectivity index (χ2n) is 8.43. The Labute approximate surface area is 195 Å². The molecule has 0 fully saturated rings. The van der Waals surface area contributed by atoms with Gasteiger partial charge in [-0.25, -0.2) is 22.0 Å². The summed E-state index contributed by atoms with van der Waals surface area (Å²) in [6, 6.07) is 12.9. The van der Waals surface area contributed by atoms with Crippen LogP contribution >= 0.6 is 11.6 Å². The van der Waals surface area contributed by atoms with E-state index in [2.05, 4.69) is 0 Å². The maximum absolute atomic E-state index is 15.0. The van der Waals surface area contributed by atoms with E-state index in [0.717, 1.165) is 12.1 Å². The summed E-state index contributed by atoms with van der Waals surface area (Å²) in [6.45, 7) is 5.01. The van der Waals surface area contributed by atoms with Crippen LogP contribution in [0.25, 0.3) is 11.1 Å². The molecule has 3 aromatic rings. The molecule has 5 nitrogen and oxygen atoms in total. The highest BCUT2D eigenvalue weighted by Gasteiger charge is 2.34. The number of halogens is 3. The molecule has 0 saturated carbocycles. The molecule has 0 heterocycles. The summed E-state index contributed by atoms with van der Waals surface area (Å²) in [6.07, 6.45) is -1.27. The monoisotopic (exact) mass is 494 g/mol. The summed E-state index contributed by atoms with van der Waals surface area (Å²) in [5, 5.41) is 9.78. The van der Waals surface area contributed by atoms with Gasteiger partial charge >= 0.3 is 5.97 Å². The first-order valence-corrected chi connectivity index (χ1v) is 11.7. The third-order valence-electron chi connectivity index (χ3n) is 4.83. The van der Waals surface area contributed by atoms with Gasteiger partial charge in [-0.3, -0.25) is 0 Å². The molecule has 0 spiro atoms. The minimum atomic E-state index is -4.45. The van der Waals surface area contributed by atoms with Crippen LogP contribution in [-0.4, -0.2) is 25.6 Å². The van der Waals surface area contributed by atoms with Crippen molar-refractivity contribution in [3.05, 3.63) is 77.3 Å². The van der Waals surface area contributed by atoms with Gasteiger partial charge in [-0.15, -0.1) is 0 Å². The van der Waals surface area contributed by atoms with Gasteiger partial charge in [-0.1, -0.05) is 50.6 Å². The summed E-state index contributed by atoms with van der Waals surface area (Å²) in [5.41, 5.74) is -0.751. The SMILES string of the molecule is CC(C)(C)C(Oc1ccc(Cl)cc1-c1cc(F)c(S(=O)(=O)c2ccccc2)c(F)c1)C(=O)O. The first-order chi connectivity index (χ1) is 15.3. The smallest absolute Gasteiger partial charge is 0.345 e. The highest BCUT2D eigenvalue weighted by molar-refractivity contribution is 7.91. The van der Waals surface area contributed by atoms with Crippen LogP contribution in [-0.2, 0) is 14.6 Å². The molecule has 9 heteroatoms. The van der Waals surface area contributed by atoms with Gasteiger partial charge in [-0.05, 0) is 48.0 Å². The molecule has 1 N–H and O–H groups in total. The van der Waals surface area contributed by atoms with Crippen LogP contribution in [0, 0.1) is 17.0 Å². The lowest BCUT2D eigenvalue weighted by molar-refractivity contribution is -0.150. The Bertz CT molecular complexity index is 1280. The highest BCUT2D eigenvalue weighted by Crippen LogP contribution is 2.38. The molecular weight excluding hydrogens is 474 g/mol. The second kappa shape index (κ2) is 9.11. The predicted octanol–water partition coefficient (Wildman–Crippen LogP) is 6.00. The lowest BCUT2D eigenvalue weighted by atomic mass is 9.89. The molecular formula is C24H21ClF2O5S. The number of carboxylic acid groups (broad SMARTS) is 1. The van der Waals surface area contributed by atoms with Crippen LogP contribution < -0.4 is 4.74 Å². The van der Waals surface area contributed by atoms with Gasteiger partial charge < -0.3 is 9.84 Å². The fourth-order valence-electron chi connectivity index (χ4n) is 3.24. The molecule has 3 rings (SSSR count). The predicted molar refractivity (Wildman–Crippen MR) is 120 cm³/mol. The average Bonchev–Trinajstić information content (AvgIpc) is 2.71. The molecule has 1 atom stereocenters. The van der Waals surface area contributed by atoms with Crippen molar-refractivity contribution >= 4 is 27.4 Å². The number of carbonyl (C=O) groups is 1. The molecule has 0 aliphatic heterocycles. The Balaban J connectivity index is 2.14. The standard InChI is InChI=1S/C24H21ClF2O5S/c1-24(2,3)22(23(28)29)32-20-10-9-15(25)13-17(20)14-11-18(26)21(19(27)12-14)33(30,31)16-7-5-4-6-8-16/h4-13,22H,1-3H3,(H,28,29). The number of carboxylic acids is 1. The number of rotatable bonds is 6. The summed E-state index contributed by atoms with van der Waals surface area (Å²) in [7, 11) is -4.45. The molecule has 33 heavy (non-hydrogen) atoms. The Morgan fingerprint density at radius 3 is 2.09 bits per heavy atom. The quantitative estimate of drug-likeness (QED) is 0.455. The average molecular weight is 495 g/mol. The van der Waals surface area contributed by atoms with Gasteiger partial charge in [0.15, 0.2) is 6.10 Å². The molecule has 1 unspecified atom stereocenters. The van der Waals surface area contributed by atoms with Gasteiger partial charge in [0.2, 0.25) is 9.84 Å². The molecule has 0 aliphatic rings. The lowest BCUT2D eigenvalue weighted by Gasteiger charge is -2.28.